The van der Waals surface area contributed by atoms with Crippen molar-refractivity contribution in [3.8, 4) is 0 Å². The summed E-state index contributed by atoms with van der Waals surface area (Å²) in [6, 6.07) is 4.27. The summed E-state index contributed by atoms with van der Waals surface area (Å²) in [7, 11) is 0. The van der Waals surface area contributed by atoms with Crippen molar-refractivity contribution in [3.63, 3.8) is 0 Å². The van der Waals surface area contributed by atoms with Gasteiger partial charge in [-0.05, 0) is 37.6 Å². The van der Waals surface area contributed by atoms with Crippen molar-refractivity contribution in [3.05, 3.63) is 29.0 Å². The van der Waals surface area contributed by atoms with Crippen molar-refractivity contribution in [2.75, 3.05) is 18.4 Å². The monoisotopic (exact) mass is 292 g/mol. The number of carbonyl (C=O) groups is 1. The summed E-state index contributed by atoms with van der Waals surface area (Å²) in [5, 5.41) is 5.93. The number of nitrogens with one attached hydrogen (secondary N) is 2. The van der Waals surface area contributed by atoms with Crippen molar-refractivity contribution < 1.29 is 9.18 Å². The number of amides is 1. The molecule has 1 aliphatic rings. The highest BCUT2D eigenvalue weighted by molar-refractivity contribution is 6.30. The van der Waals surface area contributed by atoms with E-state index >= 15 is 0 Å². The van der Waals surface area contributed by atoms with Crippen molar-refractivity contribution in [1.82, 2.24) is 5.32 Å². The summed E-state index contributed by atoms with van der Waals surface area (Å²) in [5.41, 5.74) is 0.447. The van der Waals surface area contributed by atoms with Gasteiger partial charge in [0.05, 0.1) is 10.9 Å². The summed E-state index contributed by atoms with van der Waals surface area (Å²) in [6.07, 6.45) is 1.86. The van der Waals surface area contributed by atoms with Crippen LogP contribution < -0.4 is 10.6 Å². The third kappa shape index (κ3) is 3.83. The van der Waals surface area contributed by atoms with Crippen LogP contribution in [0.4, 0.5) is 10.1 Å². The summed E-state index contributed by atoms with van der Waals surface area (Å²) >= 11 is 5.57. The van der Waals surface area contributed by atoms with Crippen LogP contribution in [-0.2, 0) is 4.79 Å². The number of piperidine rings is 1. The Morgan fingerprint density at radius 1 is 1.50 bits per heavy atom. The number of anilines is 1. The lowest BCUT2D eigenvalue weighted by Crippen LogP contribution is -2.37. The maximum atomic E-state index is 13.2. The largest absolute Gasteiger partial charge is 0.326 e. The van der Waals surface area contributed by atoms with Gasteiger partial charge in [-0.1, -0.05) is 11.6 Å². The summed E-state index contributed by atoms with van der Waals surface area (Å²) < 4.78 is 13.2. The second-order valence-corrected chi connectivity index (χ2v) is 4.57. The van der Waals surface area contributed by atoms with Crippen LogP contribution in [0.25, 0.3) is 0 Å². The van der Waals surface area contributed by atoms with E-state index in [0.29, 0.717) is 12.2 Å². The molecular weight excluding hydrogens is 278 g/mol. The number of hydrogen-bond acceptors (Lipinski definition) is 2. The van der Waals surface area contributed by atoms with E-state index in [-0.39, 0.29) is 29.3 Å². The van der Waals surface area contributed by atoms with Crippen LogP contribution in [0.1, 0.15) is 12.8 Å². The molecule has 0 radical (unpaired) electrons. The first kappa shape index (κ1) is 15.2. The molecule has 2 rings (SSSR count). The molecule has 18 heavy (non-hydrogen) atoms. The van der Waals surface area contributed by atoms with Gasteiger partial charge >= 0.3 is 0 Å². The molecule has 6 heteroatoms. The smallest absolute Gasteiger partial charge is 0.228 e. The molecule has 3 nitrogen and oxygen atoms in total. The number of carbonyl (C=O) groups excluding carboxylic acids is 1. The van der Waals surface area contributed by atoms with Gasteiger partial charge in [-0.2, -0.15) is 0 Å². The molecule has 1 aliphatic heterocycles. The van der Waals surface area contributed by atoms with Gasteiger partial charge in [0, 0.05) is 12.2 Å². The van der Waals surface area contributed by atoms with E-state index in [1.807, 2.05) is 0 Å². The molecule has 1 atom stereocenters. The van der Waals surface area contributed by atoms with E-state index in [1.165, 1.54) is 12.1 Å². The number of benzene rings is 1. The van der Waals surface area contributed by atoms with Crippen molar-refractivity contribution in [1.29, 1.82) is 0 Å². The van der Waals surface area contributed by atoms with E-state index in [1.54, 1.807) is 6.07 Å². The molecule has 0 aromatic heterocycles. The van der Waals surface area contributed by atoms with Crippen LogP contribution in [0.15, 0.2) is 18.2 Å². The SMILES string of the molecule is Cl.O=C(Nc1ccc(Cl)c(F)c1)C1CCCNC1. The molecule has 1 saturated heterocycles. The van der Waals surface area contributed by atoms with Crippen LogP contribution >= 0.6 is 24.0 Å². The highest BCUT2D eigenvalue weighted by Gasteiger charge is 2.20. The van der Waals surface area contributed by atoms with Crippen molar-refractivity contribution >= 4 is 35.6 Å². The molecular formula is C12H15Cl2FN2O. The molecule has 2 N–H and O–H groups in total. The third-order valence-corrected chi connectivity index (χ3v) is 3.16. The summed E-state index contributed by atoms with van der Waals surface area (Å²) in [4.78, 5) is 11.9. The lowest BCUT2D eigenvalue weighted by Gasteiger charge is -2.21. The lowest BCUT2D eigenvalue weighted by atomic mass is 9.99. The van der Waals surface area contributed by atoms with Crippen LogP contribution in [0, 0.1) is 11.7 Å². The van der Waals surface area contributed by atoms with E-state index in [4.69, 9.17) is 11.6 Å². The summed E-state index contributed by atoms with van der Waals surface area (Å²) in [6.45, 7) is 1.64. The highest BCUT2D eigenvalue weighted by atomic mass is 35.5. The Balaban J connectivity index is 0.00000162. The predicted octanol–water partition coefficient (Wildman–Crippen LogP) is 2.84. The Hall–Kier alpha value is -0.840. The Bertz CT molecular complexity index is 423. The molecule has 1 amide bonds. The maximum absolute atomic E-state index is 13.2. The van der Waals surface area contributed by atoms with Gasteiger partial charge in [-0.3, -0.25) is 4.79 Å². The van der Waals surface area contributed by atoms with Crippen molar-refractivity contribution in [2.45, 2.75) is 12.8 Å². The zero-order valence-electron chi connectivity index (χ0n) is 9.71. The standard InChI is InChI=1S/C12H14ClFN2O.ClH/c13-10-4-3-9(6-11(10)14)16-12(17)8-2-1-5-15-7-8;/h3-4,6,8,15H,1-2,5,7H2,(H,16,17);1H. The Morgan fingerprint density at radius 3 is 2.89 bits per heavy atom. The predicted molar refractivity (Wildman–Crippen MR) is 72.9 cm³/mol. The molecule has 100 valence electrons. The average molecular weight is 293 g/mol. The fraction of sp³-hybridized carbons (Fsp3) is 0.417. The fourth-order valence-corrected chi connectivity index (χ4v) is 2.01. The minimum absolute atomic E-state index is 0. The first-order chi connectivity index (χ1) is 8.16. The highest BCUT2D eigenvalue weighted by Crippen LogP contribution is 2.20. The topological polar surface area (TPSA) is 41.1 Å². The molecule has 0 aliphatic carbocycles. The third-order valence-electron chi connectivity index (χ3n) is 2.85. The molecule has 1 fully saturated rings. The van der Waals surface area contributed by atoms with Gasteiger partial charge in [0.25, 0.3) is 0 Å². The molecule has 1 unspecified atom stereocenters. The summed E-state index contributed by atoms with van der Waals surface area (Å²) in [5.74, 6) is -0.632. The number of hydrogen-bond donors (Lipinski definition) is 2. The zero-order chi connectivity index (χ0) is 12.3. The normalized spacial score (nSPS) is 18.9. The first-order valence-corrected chi connectivity index (χ1v) is 6.01. The van der Waals surface area contributed by atoms with Gasteiger partial charge in [0.1, 0.15) is 5.82 Å². The molecule has 1 aromatic rings. The Kier molecular flexibility index (Phi) is 5.85. The quantitative estimate of drug-likeness (QED) is 0.880. The van der Waals surface area contributed by atoms with Gasteiger partial charge in [0.15, 0.2) is 0 Å². The van der Waals surface area contributed by atoms with E-state index < -0.39 is 5.82 Å². The second kappa shape index (κ2) is 6.92. The first-order valence-electron chi connectivity index (χ1n) is 5.63. The van der Waals surface area contributed by atoms with Gasteiger partial charge in [-0.15, -0.1) is 12.4 Å². The molecule has 1 aromatic carbocycles. The fourth-order valence-electron chi connectivity index (χ4n) is 1.89. The number of rotatable bonds is 2. The van der Waals surface area contributed by atoms with Crippen molar-refractivity contribution in [2.24, 2.45) is 5.92 Å². The minimum Gasteiger partial charge on any atom is -0.326 e. The van der Waals surface area contributed by atoms with Crippen LogP contribution in [0.3, 0.4) is 0 Å². The van der Waals surface area contributed by atoms with Gasteiger partial charge < -0.3 is 10.6 Å². The van der Waals surface area contributed by atoms with Gasteiger partial charge in [0.2, 0.25) is 5.91 Å². The minimum atomic E-state index is -0.522. The van der Waals surface area contributed by atoms with Crippen LogP contribution in [-0.4, -0.2) is 19.0 Å². The average Bonchev–Trinajstić information content (AvgIpc) is 2.35. The molecule has 0 bridgehead atoms. The maximum Gasteiger partial charge on any atom is 0.228 e. The van der Waals surface area contributed by atoms with E-state index in [0.717, 1.165) is 19.4 Å². The van der Waals surface area contributed by atoms with E-state index in [9.17, 15) is 9.18 Å². The number of halogens is 3. The zero-order valence-corrected chi connectivity index (χ0v) is 11.3. The molecule has 0 saturated carbocycles. The second-order valence-electron chi connectivity index (χ2n) is 4.16. The Labute approximate surface area is 116 Å². The van der Waals surface area contributed by atoms with E-state index in [2.05, 4.69) is 10.6 Å². The lowest BCUT2D eigenvalue weighted by molar-refractivity contribution is -0.120. The van der Waals surface area contributed by atoms with Crippen LogP contribution in [0.2, 0.25) is 5.02 Å². The van der Waals surface area contributed by atoms with Crippen LogP contribution in [0.5, 0.6) is 0 Å². The molecule has 0 spiro atoms. The van der Waals surface area contributed by atoms with Gasteiger partial charge in [-0.25, -0.2) is 4.39 Å². The molecule has 1 heterocycles. The Morgan fingerprint density at radius 2 is 2.28 bits per heavy atom.